The van der Waals surface area contributed by atoms with Crippen LogP contribution in [0.5, 0.6) is 0 Å². The van der Waals surface area contributed by atoms with E-state index in [4.69, 9.17) is 4.74 Å². The standard InChI is InChI=1S/C13H15F3N2O3/c1-3-21-12(20)9-10-8(6-19)7(2)4-5-18(10)17-11(9)13(14,15)16/h4-5,7-8,19H,3,6H2,1-2H3. The molecule has 0 aliphatic carbocycles. The first-order chi connectivity index (χ1) is 9.81. The molecule has 116 valence electrons. The summed E-state index contributed by atoms with van der Waals surface area (Å²) in [5, 5.41) is 12.9. The minimum absolute atomic E-state index is 0.0401. The second-order valence-corrected chi connectivity index (χ2v) is 4.76. The van der Waals surface area contributed by atoms with Crippen molar-refractivity contribution in [3.63, 3.8) is 0 Å². The van der Waals surface area contributed by atoms with Gasteiger partial charge in [0.2, 0.25) is 0 Å². The number of aromatic nitrogens is 2. The zero-order chi connectivity index (χ0) is 15.8. The molecule has 0 amide bonds. The van der Waals surface area contributed by atoms with Crippen LogP contribution in [0, 0.1) is 5.92 Å². The summed E-state index contributed by atoms with van der Waals surface area (Å²) in [7, 11) is 0. The number of carbonyl (C=O) groups is 1. The number of carbonyl (C=O) groups excluding carboxylic acids is 1. The van der Waals surface area contributed by atoms with Gasteiger partial charge in [0.1, 0.15) is 5.56 Å². The van der Waals surface area contributed by atoms with E-state index in [0.29, 0.717) is 0 Å². The highest BCUT2D eigenvalue weighted by molar-refractivity contribution is 5.93. The van der Waals surface area contributed by atoms with Crippen molar-refractivity contribution in [1.82, 2.24) is 9.78 Å². The fourth-order valence-electron chi connectivity index (χ4n) is 2.37. The fraction of sp³-hybridized carbons (Fsp3) is 0.538. The van der Waals surface area contributed by atoms with Crippen LogP contribution in [0.2, 0.25) is 0 Å². The summed E-state index contributed by atoms with van der Waals surface area (Å²) in [6, 6.07) is 0. The Labute approximate surface area is 119 Å². The van der Waals surface area contributed by atoms with Crippen LogP contribution in [0.1, 0.15) is 41.5 Å². The number of aliphatic hydroxyl groups is 1. The first-order valence-electron chi connectivity index (χ1n) is 6.47. The van der Waals surface area contributed by atoms with Crippen molar-refractivity contribution in [2.75, 3.05) is 13.2 Å². The SMILES string of the molecule is CCOC(=O)c1c(C(F)(F)F)nn2c1C(CO)C(C)C=C2. The van der Waals surface area contributed by atoms with Gasteiger partial charge in [-0.1, -0.05) is 13.0 Å². The minimum Gasteiger partial charge on any atom is -0.462 e. The number of alkyl halides is 3. The molecular weight excluding hydrogens is 289 g/mol. The number of fused-ring (bicyclic) bond motifs is 1. The van der Waals surface area contributed by atoms with E-state index < -0.39 is 29.3 Å². The molecule has 0 fully saturated rings. The van der Waals surface area contributed by atoms with Crippen LogP contribution >= 0.6 is 0 Å². The van der Waals surface area contributed by atoms with E-state index in [2.05, 4.69) is 5.10 Å². The van der Waals surface area contributed by atoms with E-state index in [-0.39, 0.29) is 24.8 Å². The zero-order valence-corrected chi connectivity index (χ0v) is 11.5. The number of aliphatic hydroxyl groups excluding tert-OH is 1. The van der Waals surface area contributed by atoms with Crippen LogP contribution in [0.4, 0.5) is 13.2 Å². The summed E-state index contributed by atoms with van der Waals surface area (Å²) in [6.07, 6.45) is -1.77. The van der Waals surface area contributed by atoms with E-state index in [1.165, 1.54) is 13.1 Å². The predicted octanol–water partition coefficient (Wildman–Crippen LogP) is 2.27. The van der Waals surface area contributed by atoms with Crippen LogP contribution in [-0.4, -0.2) is 34.1 Å². The molecule has 0 saturated heterocycles. The molecule has 1 aliphatic rings. The summed E-state index contributed by atoms with van der Waals surface area (Å²) in [5.41, 5.74) is -1.86. The largest absolute Gasteiger partial charge is 0.462 e. The van der Waals surface area contributed by atoms with E-state index in [1.54, 1.807) is 13.0 Å². The van der Waals surface area contributed by atoms with Crippen LogP contribution in [0.3, 0.4) is 0 Å². The number of allylic oxidation sites excluding steroid dienone is 1. The van der Waals surface area contributed by atoms with Crippen LogP contribution in [0.15, 0.2) is 6.08 Å². The number of hydrogen-bond donors (Lipinski definition) is 1. The topological polar surface area (TPSA) is 64.3 Å². The van der Waals surface area contributed by atoms with Gasteiger partial charge in [-0.15, -0.1) is 0 Å². The average molecular weight is 304 g/mol. The highest BCUT2D eigenvalue weighted by Crippen LogP contribution is 2.39. The molecule has 21 heavy (non-hydrogen) atoms. The van der Waals surface area contributed by atoms with Gasteiger partial charge in [0.15, 0.2) is 5.69 Å². The summed E-state index contributed by atoms with van der Waals surface area (Å²) in [4.78, 5) is 11.9. The lowest BCUT2D eigenvalue weighted by molar-refractivity contribution is -0.141. The first-order valence-corrected chi connectivity index (χ1v) is 6.47. The highest BCUT2D eigenvalue weighted by Gasteiger charge is 2.44. The lowest BCUT2D eigenvalue weighted by Crippen LogP contribution is -2.23. The van der Waals surface area contributed by atoms with Gasteiger partial charge in [0, 0.05) is 12.1 Å². The number of nitrogens with zero attached hydrogens (tertiary/aromatic N) is 2. The molecule has 1 N–H and O–H groups in total. The van der Waals surface area contributed by atoms with Crippen LogP contribution in [0.25, 0.3) is 6.20 Å². The summed E-state index contributed by atoms with van der Waals surface area (Å²) in [6.45, 7) is 2.82. The van der Waals surface area contributed by atoms with Crippen molar-refractivity contribution in [3.8, 4) is 0 Å². The third-order valence-corrected chi connectivity index (χ3v) is 3.41. The smallest absolute Gasteiger partial charge is 0.436 e. The molecule has 1 aliphatic heterocycles. The van der Waals surface area contributed by atoms with Crippen LogP contribution in [-0.2, 0) is 10.9 Å². The van der Waals surface area contributed by atoms with E-state index in [0.717, 1.165) is 4.68 Å². The molecule has 0 saturated carbocycles. The lowest BCUT2D eigenvalue weighted by Gasteiger charge is -2.24. The van der Waals surface area contributed by atoms with Crippen LogP contribution < -0.4 is 0 Å². The van der Waals surface area contributed by atoms with E-state index in [1.807, 2.05) is 0 Å². The van der Waals surface area contributed by atoms with Gasteiger partial charge in [-0.05, 0) is 12.8 Å². The Morgan fingerprint density at radius 2 is 2.19 bits per heavy atom. The van der Waals surface area contributed by atoms with Crippen molar-refractivity contribution < 1.29 is 27.8 Å². The molecule has 0 bridgehead atoms. The molecule has 1 aromatic rings. The maximum atomic E-state index is 13.1. The first kappa shape index (κ1) is 15.6. The molecule has 2 rings (SSSR count). The Hall–Kier alpha value is -1.83. The van der Waals surface area contributed by atoms with Gasteiger partial charge >= 0.3 is 12.1 Å². The fourth-order valence-corrected chi connectivity index (χ4v) is 2.37. The number of halogens is 3. The second-order valence-electron chi connectivity index (χ2n) is 4.76. The van der Waals surface area contributed by atoms with E-state index in [9.17, 15) is 23.1 Å². The van der Waals surface area contributed by atoms with Gasteiger partial charge < -0.3 is 9.84 Å². The third kappa shape index (κ3) is 2.67. The molecule has 0 radical (unpaired) electrons. The zero-order valence-electron chi connectivity index (χ0n) is 11.5. The Balaban J connectivity index is 2.67. The molecule has 8 heteroatoms. The Bertz CT molecular complexity index is 578. The van der Waals surface area contributed by atoms with Gasteiger partial charge in [-0.25, -0.2) is 9.48 Å². The Kier molecular flexibility index (Phi) is 4.08. The number of ether oxygens (including phenoxy) is 1. The van der Waals surface area contributed by atoms with Crippen molar-refractivity contribution >= 4 is 12.2 Å². The number of rotatable bonds is 3. The van der Waals surface area contributed by atoms with Crippen molar-refractivity contribution in [2.45, 2.75) is 25.9 Å². The van der Waals surface area contributed by atoms with E-state index >= 15 is 0 Å². The maximum absolute atomic E-state index is 13.1. The molecule has 2 unspecified atom stereocenters. The Morgan fingerprint density at radius 1 is 1.52 bits per heavy atom. The molecule has 2 atom stereocenters. The Morgan fingerprint density at radius 3 is 2.71 bits per heavy atom. The quantitative estimate of drug-likeness (QED) is 0.870. The van der Waals surface area contributed by atoms with Gasteiger partial charge in [0.05, 0.1) is 18.9 Å². The molecule has 5 nitrogen and oxygen atoms in total. The van der Waals surface area contributed by atoms with Gasteiger partial charge in [0.25, 0.3) is 0 Å². The normalized spacial score (nSPS) is 21.2. The van der Waals surface area contributed by atoms with Crippen molar-refractivity contribution in [3.05, 3.63) is 23.0 Å². The number of hydrogen-bond acceptors (Lipinski definition) is 4. The summed E-state index contributed by atoms with van der Waals surface area (Å²) in [5.74, 6) is -1.93. The monoisotopic (exact) mass is 304 g/mol. The summed E-state index contributed by atoms with van der Waals surface area (Å²) < 4.78 is 45.0. The third-order valence-electron chi connectivity index (χ3n) is 3.41. The molecule has 0 spiro atoms. The van der Waals surface area contributed by atoms with Crippen molar-refractivity contribution in [1.29, 1.82) is 0 Å². The van der Waals surface area contributed by atoms with Gasteiger partial charge in [-0.2, -0.15) is 18.3 Å². The number of esters is 1. The molecular formula is C13H15F3N2O3. The molecule has 1 aromatic heterocycles. The predicted molar refractivity (Wildman–Crippen MR) is 67.5 cm³/mol. The molecule has 0 aromatic carbocycles. The lowest BCUT2D eigenvalue weighted by atomic mass is 9.87. The maximum Gasteiger partial charge on any atom is 0.436 e. The second kappa shape index (κ2) is 5.51. The minimum atomic E-state index is -4.77. The average Bonchev–Trinajstić information content (AvgIpc) is 2.78. The van der Waals surface area contributed by atoms with Gasteiger partial charge in [-0.3, -0.25) is 0 Å². The highest BCUT2D eigenvalue weighted by atomic mass is 19.4. The summed E-state index contributed by atoms with van der Waals surface area (Å²) >= 11 is 0. The molecule has 2 heterocycles. The van der Waals surface area contributed by atoms with Crippen molar-refractivity contribution in [2.24, 2.45) is 5.92 Å².